The van der Waals surface area contributed by atoms with Crippen LogP contribution in [0.4, 0.5) is 5.69 Å². The third kappa shape index (κ3) is 4.70. The third-order valence-corrected chi connectivity index (χ3v) is 4.96. The first-order valence-corrected chi connectivity index (χ1v) is 9.93. The van der Waals surface area contributed by atoms with Crippen LogP contribution in [0.1, 0.15) is 28.8 Å². The van der Waals surface area contributed by atoms with E-state index < -0.39 is 10.9 Å². The van der Waals surface area contributed by atoms with Crippen LogP contribution in [0.3, 0.4) is 0 Å². The molecule has 0 fully saturated rings. The molecular weight excluding hydrogens is 410 g/mol. The number of imidazole rings is 1. The molecule has 0 radical (unpaired) electrons. The van der Waals surface area contributed by atoms with Crippen molar-refractivity contribution in [3.05, 3.63) is 94.3 Å². The Labute approximate surface area is 183 Å². The highest BCUT2D eigenvalue weighted by molar-refractivity contribution is 5.97. The van der Waals surface area contributed by atoms with Crippen LogP contribution in [0.25, 0.3) is 16.9 Å². The zero-order chi connectivity index (χ0) is 22.7. The normalized spacial score (nSPS) is 10.8. The van der Waals surface area contributed by atoms with Crippen LogP contribution in [0.15, 0.2) is 73.1 Å². The topological polar surface area (TPSA) is 104 Å². The van der Waals surface area contributed by atoms with Gasteiger partial charge in [-0.1, -0.05) is 29.8 Å². The number of carbonyl (C=O) groups is 2. The molecular formula is C24H19N3O5. The van der Waals surface area contributed by atoms with Crippen LogP contribution in [0.2, 0.25) is 0 Å². The summed E-state index contributed by atoms with van der Waals surface area (Å²) in [6.07, 6.45) is 3.16. The summed E-state index contributed by atoms with van der Waals surface area (Å²) >= 11 is 0. The molecule has 0 spiro atoms. The summed E-state index contributed by atoms with van der Waals surface area (Å²) in [6, 6.07) is 17.0. The molecule has 0 bridgehead atoms. The number of rotatable bonds is 7. The van der Waals surface area contributed by atoms with Crippen molar-refractivity contribution in [2.75, 3.05) is 0 Å². The minimum absolute atomic E-state index is 0.0142. The number of nitro groups is 1. The lowest BCUT2D eigenvalue weighted by Crippen LogP contribution is -2.10. The molecule has 32 heavy (non-hydrogen) atoms. The average molecular weight is 429 g/mol. The van der Waals surface area contributed by atoms with E-state index in [2.05, 4.69) is 4.98 Å². The van der Waals surface area contributed by atoms with Crippen molar-refractivity contribution in [2.45, 2.75) is 19.8 Å². The second-order valence-corrected chi connectivity index (χ2v) is 7.32. The predicted molar refractivity (Wildman–Crippen MR) is 118 cm³/mol. The quantitative estimate of drug-likeness (QED) is 0.138. The Bertz CT molecular complexity index is 1310. The van der Waals surface area contributed by atoms with Gasteiger partial charge in [0.1, 0.15) is 11.4 Å². The van der Waals surface area contributed by atoms with Crippen molar-refractivity contribution >= 4 is 23.1 Å². The van der Waals surface area contributed by atoms with E-state index in [1.54, 1.807) is 53.1 Å². The number of Topliss-reactive ketones (excluding diaryl/α,β-unsaturated/α-hetero) is 1. The standard InChI is InChI=1S/C24H19N3O5/c1-16-2-4-18(5-3-16)22(28)11-13-24(29)32-20-9-6-17(7-10-20)21-15-26-14-19(27(30)31)8-12-23(26)25-21/h2-10,12,14-15H,11,13H2,1H3. The highest BCUT2D eigenvalue weighted by atomic mass is 16.6. The number of carbonyl (C=O) groups excluding carboxylic acids is 2. The number of aromatic nitrogens is 2. The molecule has 160 valence electrons. The summed E-state index contributed by atoms with van der Waals surface area (Å²) in [7, 11) is 0. The van der Waals surface area contributed by atoms with E-state index in [4.69, 9.17) is 4.74 Å². The maximum atomic E-state index is 12.2. The average Bonchev–Trinajstić information content (AvgIpc) is 3.22. The largest absolute Gasteiger partial charge is 0.427 e. The van der Waals surface area contributed by atoms with Gasteiger partial charge in [0.15, 0.2) is 5.78 Å². The molecule has 0 atom stereocenters. The Morgan fingerprint density at radius 2 is 1.69 bits per heavy atom. The molecule has 0 saturated carbocycles. The first kappa shape index (κ1) is 20.9. The monoisotopic (exact) mass is 429 g/mol. The Morgan fingerprint density at radius 1 is 0.969 bits per heavy atom. The zero-order valence-corrected chi connectivity index (χ0v) is 17.2. The molecule has 8 nitrogen and oxygen atoms in total. The minimum Gasteiger partial charge on any atom is -0.427 e. The number of hydrogen-bond acceptors (Lipinski definition) is 6. The van der Waals surface area contributed by atoms with E-state index >= 15 is 0 Å². The maximum absolute atomic E-state index is 12.2. The number of ether oxygens (including phenoxy) is 1. The zero-order valence-electron chi connectivity index (χ0n) is 17.2. The summed E-state index contributed by atoms with van der Waals surface area (Å²) < 4.78 is 6.91. The van der Waals surface area contributed by atoms with Gasteiger partial charge in [-0.05, 0) is 37.3 Å². The lowest BCUT2D eigenvalue weighted by atomic mass is 10.1. The Kier molecular flexibility index (Phi) is 5.76. The third-order valence-electron chi connectivity index (χ3n) is 4.96. The number of ketones is 1. The lowest BCUT2D eigenvalue weighted by Gasteiger charge is -2.05. The molecule has 2 aromatic carbocycles. The first-order valence-electron chi connectivity index (χ1n) is 9.93. The molecule has 0 N–H and O–H groups in total. The van der Waals surface area contributed by atoms with E-state index in [-0.39, 0.29) is 24.3 Å². The minimum atomic E-state index is -0.488. The van der Waals surface area contributed by atoms with Gasteiger partial charge >= 0.3 is 5.97 Å². The van der Waals surface area contributed by atoms with Crippen molar-refractivity contribution in [3.8, 4) is 17.0 Å². The van der Waals surface area contributed by atoms with Crippen LogP contribution in [0.5, 0.6) is 5.75 Å². The van der Waals surface area contributed by atoms with E-state index in [0.29, 0.717) is 22.7 Å². The van der Waals surface area contributed by atoms with E-state index in [0.717, 1.165) is 11.1 Å². The van der Waals surface area contributed by atoms with Crippen LogP contribution >= 0.6 is 0 Å². The predicted octanol–water partition coefficient (Wildman–Crippen LogP) is 4.79. The highest BCUT2D eigenvalue weighted by Gasteiger charge is 2.12. The van der Waals surface area contributed by atoms with Gasteiger partial charge in [-0.15, -0.1) is 0 Å². The van der Waals surface area contributed by atoms with Gasteiger partial charge in [0.25, 0.3) is 5.69 Å². The Balaban J connectivity index is 1.37. The van der Waals surface area contributed by atoms with Gasteiger partial charge in [-0.25, -0.2) is 4.98 Å². The maximum Gasteiger partial charge on any atom is 0.311 e. The molecule has 2 heterocycles. The number of fused-ring (bicyclic) bond motifs is 1. The smallest absolute Gasteiger partial charge is 0.311 e. The van der Waals surface area contributed by atoms with Crippen LogP contribution in [-0.4, -0.2) is 26.1 Å². The number of benzene rings is 2. The summed E-state index contributed by atoms with van der Waals surface area (Å²) in [6.45, 7) is 1.94. The molecule has 0 aliphatic rings. The Hall–Kier alpha value is -4.33. The number of hydrogen-bond donors (Lipinski definition) is 0. The van der Waals surface area contributed by atoms with Crippen molar-refractivity contribution in [3.63, 3.8) is 0 Å². The fourth-order valence-corrected chi connectivity index (χ4v) is 3.20. The molecule has 4 rings (SSSR count). The van der Waals surface area contributed by atoms with Crippen LogP contribution < -0.4 is 4.74 Å². The van der Waals surface area contributed by atoms with Gasteiger partial charge in [-0.2, -0.15) is 0 Å². The SMILES string of the molecule is Cc1ccc(C(=O)CCC(=O)Oc2ccc(-c3cn4cc([N+](=O)[O-])ccc4n3)cc2)cc1. The molecule has 0 unspecified atom stereocenters. The summed E-state index contributed by atoms with van der Waals surface area (Å²) in [5.74, 6) is -0.233. The second-order valence-electron chi connectivity index (χ2n) is 7.32. The molecule has 0 aliphatic carbocycles. The highest BCUT2D eigenvalue weighted by Crippen LogP contribution is 2.24. The van der Waals surface area contributed by atoms with Crippen molar-refractivity contribution in [1.29, 1.82) is 0 Å². The van der Waals surface area contributed by atoms with E-state index in [1.165, 1.54) is 12.3 Å². The molecule has 0 aliphatic heterocycles. The fourth-order valence-electron chi connectivity index (χ4n) is 3.20. The molecule has 8 heteroatoms. The first-order chi connectivity index (χ1) is 15.4. The number of pyridine rings is 1. The number of aryl methyl sites for hydroxylation is 1. The molecule has 4 aromatic rings. The van der Waals surface area contributed by atoms with E-state index in [1.807, 2.05) is 19.1 Å². The molecule has 0 saturated heterocycles. The number of esters is 1. The Morgan fingerprint density at radius 3 is 2.38 bits per heavy atom. The van der Waals surface area contributed by atoms with Gasteiger partial charge in [0.2, 0.25) is 0 Å². The van der Waals surface area contributed by atoms with Crippen molar-refractivity contribution < 1.29 is 19.2 Å². The molecule has 2 aromatic heterocycles. The second kappa shape index (κ2) is 8.81. The van der Waals surface area contributed by atoms with Gasteiger partial charge in [0.05, 0.1) is 23.2 Å². The summed E-state index contributed by atoms with van der Waals surface area (Å²) in [4.78, 5) is 39.2. The summed E-state index contributed by atoms with van der Waals surface area (Å²) in [5, 5.41) is 10.9. The van der Waals surface area contributed by atoms with Crippen LogP contribution in [-0.2, 0) is 4.79 Å². The van der Waals surface area contributed by atoms with Crippen LogP contribution in [0, 0.1) is 17.0 Å². The van der Waals surface area contributed by atoms with Gasteiger partial charge < -0.3 is 4.74 Å². The number of nitrogens with zero attached hydrogens (tertiary/aromatic N) is 3. The van der Waals surface area contributed by atoms with Gasteiger partial charge in [0, 0.05) is 29.8 Å². The molecule has 0 amide bonds. The van der Waals surface area contributed by atoms with Crippen molar-refractivity contribution in [2.24, 2.45) is 0 Å². The summed E-state index contributed by atoms with van der Waals surface area (Å²) in [5.41, 5.74) is 3.60. The van der Waals surface area contributed by atoms with Crippen molar-refractivity contribution in [1.82, 2.24) is 9.38 Å². The van der Waals surface area contributed by atoms with Gasteiger partial charge in [-0.3, -0.25) is 24.1 Å². The van der Waals surface area contributed by atoms with E-state index in [9.17, 15) is 19.7 Å². The fraction of sp³-hybridized carbons (Fsp3) is 0.125. The lowest BCUT2D eigenvalue weighted by molar-refractivity contribution is -0.385.